The van der Waals surface area contributed by atoms with Gasteiger partial charge in [0.05, 0.1) is 6.54 Å². The van der Waals surface area contributed by atoms with Crippen molar-refractivity contribution in [3.63, 3.8) is 0 Å². The van der Waals surface area contributed by atoms with E-state index in [1.165, 1.54) is 0 Å². The molecule has 5 nitrogen and oxygen atoms in total. The number of hydrogen-bond donors (Lipinski definition) is 3. The average molecular weight is 349 g/mol. The van der Waals surface area contributed by atoms with Crippen LogP contribution in [0.2, 0.25) is 5.02 Å². The Morgan fingerprint density at radius 3 is 2.63 bits per heavy atom. The van der Waals surface area contributed by atoms with Crippen LogP contribution < -0.4 is 16.0 Å². The highest BCUT2D eigenvalue weighted by molar-refractivity contribution is 9.10. The SMILES string of the molecule is CCNC(=O)CNC(=O)NCc1ccc(Br)cc1Cl. The molecule has 19 heavy (non-hydrogen) atoms. The summed E-state index contributed by atoms with van der Waals surface area (Å²) in [7, 11) is 0. The van der Waals surface area contributed by atoms with Crippen molar-refractivity contribution in [1.29, 1.82) is 0 Å². The number of carbonyl (C=O) groups excluding carboxylic acids is 2. The lowest BCUT2D eigenvalue weighted by Crippen LogP contribution is -2.41. The van der Waals surface area contributed by atoms with Crippen LogP contribution in [0, 0.1) is 0 Å². The maximum absolute atomic E-state index is 11.4. The van der Waals surface area contributed by atoms with Gasteiger partial charge in [-0.3, -0.25) is 4.79 Å². The highest BCUT2D eigenvalue weighted by atomic mass is 79.9. The molecule has 0 spiro atoms. The maximum atomic E-state index is 11.4. The van der Waals surface area contributed by atoms with Crippen molar-refractivity contribution in [3.05, 3.63) is 33.3 Å². The summed E-state index contributed by atoms with van der Waals surface area (Å²) in [6.07, 6.45) is 0. The molecular formula is C12H15BrClN3O2. The van der Waals surface area contributed by atoms with Crippen molar-refractivity contribution in [2.24, 2.45) is 0 Å². The minimum absolute atomic E-state index is 0.0479. The van der Waals surface area contributed by atoms with Crippen LogP contribution in [0.1, 0.15) is 12.5 Å². The monoisotopic (exact) mass is 347 g/mol. The highest BCUT2D eigenvalue weighted by Gasteiger charge is 2.06. The largest absolute Gasteiger partial charge is 0.355 e. The zero-order valence-corrected chi connectivity index (χ0v) is 12.8. The zero-order chi connectivity index (χ0) is 14.3. The Morgan fingerprint density at radius 1 is 1.26 bits per heavy atom. The second kappa shape index (κ2) is 8.01. The van der Waals surface area contributed by atoms with Crippen LogP contribution in [-0.2, 0) is 11.3 Å². The third-order valence-electron chi connectivity index (χ3n) is 2.24. The number of nitrogens with one attached hydrogen (secondary N) is 3. The zero-order valence-electron chi connectivity index (χ0n) is 10.4. The molecule has 0 aromatic heterocycles. The summed E-state index contributed by atoms with van der Waals surface area (Å²) in [6.45, 7) is 2.60. The van der Waals surface area contributed by atoms with E-state index in [1.54, 1.807) is 6.07 Å². The lowest BCUT2D eigenvalue weighted by Gasteiger charge is -2.09. The van der Waals surface area contributed by atoms with Gasteiger partial charge in [-0.15, -0.1) is 0 Å². The van der Waals surface area contributed by atoms with Crippen LogP contribution in [0.4, 0.5) is 4.79 Å². The van der Waals surface area contributed by atoms with Crippen molar-refractivity contribution in [2.45, 2.75) is 13.5 Å². The molecule has 0 heterocycles. The number of hydrogen-bond acceptors (Lipinski definition) is 2. The van der Waals surface area contributed by atoms with E-state index in [1.807, 2.05) is 19.1 Å². The Morgan fingerprint density at radius 2 is 2.00 bits per heavy atom. The van der Waals surface area contributed by atoms with Gasteiger partial charge in [-0.05, 0) is 24.6 Å². The molecule has 0 saturated carbocycles. The average Bonchev–Trinajstić information content (AvgIpc) is 2.35. The topological polar surface area (TPSA) is 70.2 Å². The summed E-state index contributed by atoms with van der Waals surface area (Å²) >= 11 is 9.32. The van der Waals surface area contributed by atoms with E-state index in [2.05, 4.69) is 31.9 Å². The van der Waals surface area contributed by atoms with E-state index in [0.29, 0.717) is 18.1 Å². The molecule has 0 saturated heterocycles. The molecule has 3 amide bonds. The number of carbonyl (C=O) groups is 2. The smallest absolute Gasteiger partial charge is 0.315 e. The third kappa shape index (κ3) is 5.94. The number of rotatable bonds is 5. The molecule has 3 N–H and O–H groups in total. The van der Waals surface area contributed by atoms with Gasteiger partial charge in [-0.2, -0.15) is 0 Å². The Bertz CT molecular complexity index is 468. The van der Waals surface area contributed by atoms with Crippen LogP contribution in [0.25, 0.3) is 0 Å². The quantitative estimate of drug-likeness (QED) is 0.762. The molecule has 104 valence electrons. The first-order chi connectivity index (χ1) is 9.02. The van der Waals surface area contributed by atoms with Crippen LogP contribution >= 0.6 is 27.5 Å². The number of urea groups is 1. The lowest BCUT2D eigenvalue weighted by atomic mass is 10.2. The molecule has 0 radical (unpaired) electrons. The van der Waals surface area contributed by atoms with Crippen molar-refractivity contribution >= 4 is 39.5 Å². The molecule has 7 heteroatoms. The number of halogens is 2. The second-order valence-electron chi connectivity index (χ2n) is 3.73. The third-order valence-corrected chi connectivity index (χ3v) is 3.08. The van der Waals surface area contributed by atoms with E-state index < -0.39 is 6.03 Å². The first-order valence-electron chi connectivity index (χ1n) is 5.75. The predicted octanol–water partition coefficient (Wildman–Crippen LogP) is 2.04. The van der Waals surface area contributed by atoms with E-state index in [9.17, 15) is 9.59 Å². The van der Waals surface area contributed by atoms with Gasteiger partial charge in [-0.1, -0.05) is 33.6 Å². The van der Waals surface area contributed by atoms with Crippen molar-refractivity contribution in [3.8, 4) is 0 Å². The molecule has 0 aliphatic heterocycles. The molecule has 0 aliphatic carbocycles. The first-order valence-corrected chi connectivity index (χ1v) is 6.92. The van der Waals surface area contributed by atoms with Gasteiger partial charge in [-0.25, -0.2) is 4.79 Å². The highest BCUT2D eigenvalue weighted by Crippen LogP contribution is 2.20. The molecule has 0 aliphatic rings. The molecule has 1 rings (SSSR count). The normalized spacial score (nSPS) is 9.84. The maximum Gasteiger partial charge on any atom is 0.315 e. The summed E-state index contributed by atoms with van der Waals surface area (Å²) < 4.78 is 0.877. The lowest BCUT2D eigenvalue weighted by molar-refractivity contribution is -0.119. The summed E-state index contributed by atoms with van der Waals surface area (Å²) in [5, 5.41) is 8.23. The van der Waals surface area contributed by atoms with Crippen LogP contribution in [-0.4, -0.2) is 25.0 Å². The Hall–Kier alpha value is -1.27. The van der Waals surface area contributed by atoms with Crippen molar-refractivity contribution in [2.75, 3.05) is 13.1 Å². The van der Waals surface area contributed by atoms with Crippen LogP contribution in [0.15, 0.2) is 22.7 Å². The molecule has 0 fully saturated rings. The first kappa shape index (κ1) is 15.8. The minimum Gasteiger partial charge on any atom is -0.355 e. The predicted molar refractivity (Wildman–Crippen MR) is 78.1 cm³/mol. The Kier molecular flexibility index (Phi) is 6.66. The van der Waals surface area contributed by atoms with E-state index in [-0.39, 0.29) is 12.5 Å². The molecular weight excluding hydrogens is 334 g/mol. The summed E-state index contributed by atoms with van der Waals surface area (Å²) in [6, 6.07) is 5.00. The molecule has 0 bridgehead atoms. The van der Waals surface area contributed by atoms with Gasteiger partial charge in [0.25, 0.3) is 0 Å². The Labute approximate surface area is 125 Å². The van der Waals surface area contributed by atoms with Crippen molar-refractivity contribution < 1.29 is 9.59 Å². The van der Waals surface area contributed by atoms with Gasteiger partial charge < -0.3 is 16.0 Å². The van der Waals surface area contributed by atoms with Crippen molar-refractivity contribution in [1.82, 2.24) is 16.0 Å². The van der Waals surface area contributed by atoms with Crippen LogP contribution in [0.3, 0.4) is 0 Å². The molecule has 1 aromatic rings. The standard InChI is InChI=1S/C12H15BrClN3O2/c1-2-15-11(18)7-17-12(19)16-6-8-3-4-9(13)5-10(8)14/h3-5H,2,6-7H2,1H3,(H,15,18)(H2,16,17,19). The second-order valence-corrected chi connectivity index (χ2v) is 5.05. The fraction of sp³-hybridized carbons (Fsp3) is 0.333. The van der Waals surface area contributed by atoms with E-state index in [0.717, 1.165) is 10.0 Å². The summed E-state index contributed by atoms with van der Waals surface area (Å²) in [5.41, 5.74) is 0.804. The van der Waals surface area contributed by atoms with E-state index in [4.69, 9.17) is 11.6 Å². The summed E-state index contributed by atoms with van der Waals surface area (Å²) in [4.78, 5) is 22.6. The Balaban J connectivity index is 2.36. The van der Waals surface area contributed by atoms with Gasteiger partial charge >= 0.3 is 6.03 Å². The number of benzene rings is 1. The fourth-order valence-electron chi connectivity index (χ4n) is 1.32. The van der Waals surface area contributed by atoms with Gasteiger partial charge in [0.2, 0.25) is 5.91 Å². The van der Waals surface area contributed by atoms with Gasteiger partial charge in [0.1, 0.15) is 0 Å². The summed E-state index contributed by atoms with van der Waals surface area (Å²) in [5.74, 6) is -0.223. The van der Waals surface area contributed by atoms with Gasteiger partial charge in [0, 0.05) is 22.6 Å². The molecule has 1 aromatic carbocycles. The molecule has 0 unspecified atom stereocenters. The van der Waals surface area contributed by atoms with E-state index >= 15 is 0 Å². The number of amides is 3. The van der Waals surface area contributed by atoms with Crippen LogP contribution in [0.5, 0.6) is 0 Å². The van der Waals surface area contributed by atoms with Gasteiger partial charge in [0.15, 0.2) is 0 Å². The fourth-order valence-corrected chi connectivity index (χ4v) is 2.06. The number of likely N-dealkylation sites (N-methyl/N-ethyl adjacent to an activating group) is 1. The minimum atomic E-state index is -0.412. The molecule has 0 atom stereocenters.